The first kappa shape index (κ1) is 22.3. The van der Waals surface area contributed by atoms with Crippen LogP contribution in [0.4, 0.5) is 4.79 Å². The number of carbonyl (C=O) groups is 1. The molecule has 0 saturated carbocycles. The molecule has 7 heteroatoms. The third-order valence-electron chi connectivity index (χ3n) is 3.23. The molecule has 1 aromatic heterocycles. The summed E-state index contributed by atoms with van der Waals surface area (Å²) in [5, 5.41) is 0. The fraction of sp³-hybridized carbons (Fsp3) is 0.706. The molecule has 0 unspecified atom stereocenters. The number of nitrogens with zero attached hydrogens (tertiary/aromatic N) is 1. The largest absolute Gasteiger partial charge is 0.444 e. The average Bonchev–Trinajstić information content (AvgIpc) is 2.77. The van der Waals surface area contributed by atoms with E-state index in [1.807, 2.05) is 39.6 Å². The van der Waals surface area contributed by atoms with E-state index in [4.69, 9.17) is 4.74 Å². The summed E-state index contributed by atoms with van der Waals surface area (Å²) in [4.78, 5) is 14.8. The quantitative estimate of drug-likeness (QED) is 0.265. The maximum absolute atomic E-state index is 11.8. The molecule has 0 N–H and O–H groups in total. The summed E-state index contributed by atoms with van der Waals surface area (Å²) in [7, 11) is 1.81. The van der Waals surface area contributed by atoms with Gasteiger partial charge in [0.15, 0.2) is 0 Å². The normalized spacial score (nSPS) is 11.6. The molecule has 0 bridgehead atoms. The minimum atomic E-state index is -0.421. The van der Waals surface area contributed by atoms with Crippen molar-refractivity contribution in [2.45, 2.75) is 63.4 Å². The summed E-state index contributed by atoms with van der Waals surface area (Å²) < 4.78 is 7.73. The lowest BCUT2D eigenvalue weighted by Gasteiger charge is -2.24. The first-order chi connectivity index (χ1) is 11.2. The highest BCUT2D eigenvalue weighted by molar-refractivity contribution is 9.12. The number of hydrogen-bond acceptors (Lipinski definition) is 4. The summed E-state index contributed by atoms with van der Waals surface area (Å²) in [6.07, 6.45) is 5.65. The summed E-state index contributed by atoms with van der Waals surface area (Å²) >= 11 is 10.7. The fourth-order valence-corrected chi connectivity index (χ4v) is 6.28. The molecule has 1 aromatic rings. The smallest absolute Gasteiger partial charge is 0.410 e. The summed E-state index contributed by atoms with van der Waals surface area (Å²) in [5.74, 6) is 1.15. The van der Waals surface area contributed by atoms with E-state index in [1.165, 1.54) is 31.7 Å². The zero-order chi connectivity index (χ0) is 18.2. The molecule has 0 aliphatic heterocycles. The van der Waals surface area contributed by atoms with Crippen LogP contribution in [0.5, 0.6) is 0 Å². The van der Waals surface area contributed by atoms with Crippen molar-refractivity contribution in [3.05, 3.63) is 13.6 Å². The Morgan fingerprint density at radius 2 is 1.83 bits per heavy atom. The second-order valence-corrected chi connectivity index (χ2v) is 11.6. The van der Waals surface area contributed by atoms with Gasteiger partial charge in [0, 0.05) is 18.5 Å². The van der Waals surface area contributed by atoms with Crippen molar-refractivity contribution in [3.63, 3.8) is 0 Å². The Morgan fingerprint density at radius 3 is 2.42 bits per heavy atom. The molecule has 0 radical (unpaired) electrons. The monoisotopic (exact) mass is 499 g/mol. The molecule has 24 heavy (non-hydrogen) atoms. The zero-order valence-corrected chi connectivity index (χ0v) is 19.7. The molecule has 0 fully saturated rings. The van der Waals surface area contributed by atoms with Crippen LogP contribution in [0.3, 0.4) is 0 Å². The van der Waals surface area contributed by atoms with Gasteiger partial charge in [-0.15, -0.1) is 23.1 Å². The minimum Gasteiger partial charge on any atom is -0.444 e. The highest BCUT2D eigenvalue weighted by Gasteiger charge is 2.18. The molecular weight excluding hydrogens is 474 g/mol. The number of ether oxygens (including phenoxy) is 1. The predicted octanol–water partition coefficient (Wildman–Crippen LogP) is 7.18. The first-order valence-corrected chi connectivity index (χ1v) is 11.6. The fourth-order valence-electron chi connectivity index (χ4n) is 2.02. The van der Waals surface area contributed by atoms with Gasteiger partial charge in [0.25, 0.3) is 0 Å². The maximum atomic E-state index is 11.8. The molecule has 1 rings (SSSR count). The number of thiophene rings is 1. The number of amides is 1. The van der Waals surface area contributed by atoms with Crippen LogP contribution in [0.15, 0.2) is 18.5 Å². The lowest BCUT2D eigenvalue weighted by atomic mass is 10.1. The molecule has 0 saturated heterocycles. The summed E-state index contributed by atoms with van der Waals surface area (Å²) in [5.41, 5.74) is -0.421. The molecule has 0 aromatic carbocycles. The van der Waals surface area contributed by atoms with E-state index in [9.17, 15) is 4.79 Å². The van der Waals surface area contributed by atoms with E-state index in [1.54, 1.807) is 16.2 Å². The zero-order valence-electron chi connectivity index (χ0n) is 14.9. The van der Waals surface area contributed by atoms with Gasteiger partial charge in [0.1, 0.15) is 5.60 Å². The Hall–Kier alpha value is 0.280. The number of halogens is 2. The molecule has 0 atom stereocenters. The van der Waals surface area contributed by atoms with Crippen LogP contribution in [0.2, 0.25) is 0 Å². The number of unbranched alkanes of at least 4 members (excludes halogenated alkanes) is 4. The van der Waals surface area contributed by atoms with Gasteiger partial charge in [-0.05, 0) is 77.3 Å². The molecule has 0 aliphatic carbocycles. The Bertz CT molecular complexity index is 515. The third-order valence-corrected chi connectivity index (χ3v) is 7.08. The van der Waals surface area contributed by atoms with Crippen molar-refractivity contribution < 1.29 is 9.53 Å². The maximum Gasteiger partial charge on any atom is 0.410 e. The van der Waals surface area contributed by atoms with Gasteiger partial charge in [0.05, 0.1) is 7.57 Å². The molecule has 138 valence electrons. The molecular formula is C17H27Br2NO2S2. The van der Waals surface area contributed by atoms with Gasteiger partial charge in [-0.25, -0.2) is 4.79 Å². The van der Waals surface area contributed by atoms with Crippen LogP contribution in [0.25, 0.3) is 0 Å². The molecule has 1 amide bonds. The van der Waals surface area contributed by atoms with Crippen LogP contribution < -0.4 is 0 Å². The van der Waals surface area contributed by atoms with E-state index in [0.717, 1.165) is 25.1 Å². The van der Waals surface area contributed by atoms with Crippen LogP contribution in [-0.4, -0.2) is 35.9 Å². The van der Waals surface area contributed by atoms with E-state index in [-0.39, 0.29) is 6.09 Å². The van der Waals surface area contributed by atoms with E-state index < -0.39 is 5.60 Å². The molecule has 1 heterocycles. The summed E-state index contributed by atoms with van der Waals surface area (Å²) in [6, 6.07) is 2.17. The van der Waals surface area contributed by atoms with Gasteiger partial charge >= 0.3 is 6.09 Å². The van der Waals surface area contributed by atoms with Crippen molar-refractivity contribution in [2.75, 3.05) is 19.3 Å². The summed E-state index contributed by atoms with van der Waals surface area (Å²) in [6.45, 7) is 6.44. The predicted molar refractivity (Wildman–Crippen MR) is 112 cm³/mol. The van der Waals surface area contributed by atoms with Crippen molar-refractivity contribution in [3.8, 4) is 0 Å². The molecule has 0 spiro atoms. The SMILES string of the molecule is CN(CCCCCCCSc1cc(Br)sc1Br)C(=O)OC(C)(C)C. The van der Waals surface area contributed by atoms with Crippen molar-refractivity contribution in [1.82, 2.24) is 4.90 Å². The highest BCUT2D eigenvalue weighted by Crippen LogP contribution is 2.38. The topological polar surface area (TPSA) is 29.5 Å². The standard InChI is InChI=1S/C17H27Br2NO2S2/c1-17(2,3)22-16(21)20(4)10-8-6-5-7-9-11-23-13-12-14(18)24-15(13)19/h12H,5-11H2,1-4H3. The van der Waals surface area contributed by atoms with Crippen molar-refractivity contribution in [2.24, 2.45) is 0 Å². The first-order valence-electron chi connectivity index (χ1n) is 8.21. The van der Waals surface area contributed by atoms with Gasteiger partial charge in [0.2, 0.25) is 0 Å². The Morgan fingerprint density at radius 1 is 1.21 bits per heavy atom. The van der Waals surface area contributed by atoms with Crippen molar-refractivity contribution >= 4 is 61.1 Å². The van der Waals surface area contributed by atoms with Gasteiger partial charge in [-0.2, -0.15) is 0 Å². The number of carbonyl (C=O) groups excluding carboxylic acids is 1. The van der Waals surface area contributed by atoms with Crippen molar-refractivity contribution in [1.29, 1.82) is 0 Å². The van der Waals surface area contributed by atoms with Crippen LogP contribution in [0, 0.1) is 0 Å². The van der Waals surface area contributed by atoms with E-state index in [0.29, 0.717) is 0 Å². The molecule has 0 aliphatic rings. The van der Waals surface area contributed by atoms with Gasteiger partial charge in [-0.1, -0.05) is 19.3 Å². The Labute approximate surface area is 171 Å². The van der Waals surface area contributed by atoms with Crippen LogP contribution >= 0.6 is 55.0 Å². The molecule has 3 nitrogen and oxygen atoms in total. The van der Waals surface area contributed by atoms with Crippen LogP contribution in [-0.2, 0) is 4.74 Å². The number of rotatable bonds is 9. The van der Waals surface area contributed by atoms with Gasteiger partial charge in [-0.3, -0.25) is 0 Å². The lowest BCUT2D eigenvalue weighted by molar-refractivity contribution is 0.0296. The Kier molecular flexibility index (Phi) is 10.3. The lowest BCUT2D eigenvalue weighted by Crippen LogP contribution is -2.34. The van der Waals surface area contributed by atoms with Crippen LogP contribution in [0.1, 0.15) is 52.9 Å². The van der Waals surface area contributed by atoms with Gasteiger partial charge < -0.3 is 9.64 Å². The highest BCUT2D eigenvalue weighted by atomic mass is 79.9. The number of thioether (sulfide) groups is 1. The number of hydrogen-bond donors (Lipinski definition) is 0. The Balaban J connectivity index is 2.02. The van der Waals surface area contributed by atoms with E-state index in [2.05, 4.69) is 37.9 Å². The minimum absolute atomic E-state index is 0.230. The van der Waals surface area contributed by atoms with E-state index >= 15 is 0 Å². The second kappa shape index (κ2) is 11.1. The average molecular weight is 501 g/mol. The third kappa shape index (κ3) is 9.68. The second-order valence-electron chi connectivity index (χ2n) is 6.71.